The largest absolute Gasteiger partial charge is 0.336 e. The van der Waals surface area contributed by atoms with E-state index in [1.54, 1.807) is 31.1 Å². The van der Waals surface area contributed by atoms with Gasteiger partial charge >= 0.3 is 5.69 Å². The van der Waals surface area contributed by atoms with E-state index in [0.717, 1.165) is 5.56 Å². The molecule has 3 aromatic rings. The minimum Gasteiger partial charge on any atom is -0.336 e. The summed E-state index contributed by atoms with van der Waals surface area (Å²) in [5, 5.41) is 0. The van der Waals surface area contributed by atoms with Gasteiger partial charge in [-0.25, -0.2) is 13.2 Å². The molecular weight excluding hydrogens is 404 g/mol. The van der Waals surface area contributed by atoms with Gasteiger partial charge in [0.05, 0.1) is 15.9 Å². The molecule has 2 heterocycles. The number of sulfonamides is 1. The van der Waals surface area contributed by atoms with Gasteiger partial charge in [-0.15, -0.1) is 0 Å². The molecule has 1 fully saturated rings. The predicted molar refractivity (Wildman–Crippen MR) is 114 cm³/mol. The van der Waals surface area contributed by atoms with Gasteiger partial charge in [0.1, 0.15) is 0 Å². The van der Waals surface area contributed by atoms with E-state index < -0.39 is 10.0 Å². The smallest absolute Gasteiger partial charge is 0.328 e. The maximum Gasteiger partial charge on any atom is 0.328 e. The highest BCUT2D eigenvalue weighted by atomic mass is 32.2. The molecule has 0 bridgehead atoms. The lowest BCUT2D eigenvalue weighted by molar-refractivity contribution is 0.0697. The topological polar surface area (TPSA) is 84.6 Å². The van der Waals surface area contributed by atoms with Crippen LogP contribution in [-0.4, -0.2) is 58.8 Å². The molecule has 0 saturated carbocycles. The standard InChI is InChI=1S/C21H24N4O4S/c1-15-6-4-5-7-17(15)20(26)24-10-12-25(13-11-24)30(28,29)16-8-9-18-19(14-16)23(3)21(27)22(18)2/h4-9,14H,10-13H2,1-3H3. The Labute approximate surface area is 175 Å². The SMILES string of the molecule is Cc1ccccc1C(=O)N1CCN(S(=O)(=O)c2ccc3c(c2)n(C)c(=O)n3C)CC1. The number of imidazole rings is 1. The van der Waals surface area contributed by atoms with Gasteiger partial charge in [0.25, 0.3) is 5.91 Å². The highest BCUT2D eigenvalue weighted by Gasteiger charge is 2.31. The molecule has 1 amide bonds. The fourth-order valence-corrected chi connectivity index (χ4v) is 5.35. The number of hydrogen-bond acceptors (Lipinski definition) is 4. The number of piperazine rings is 1. The molecule has 4 rings (SSSR count). The van der Waals surface area contributed by atoms with E-state index in [0.29, 0.717) is 29.7 Å². The van der Waals surface area contributed by atoms with Crippen LogP contribution in [0.5, 0.6) is 0 Å². The zero-order valence-corrected chi connectivity index (χ0v) is 18.0. The van der Waals surface area contributed by atoms with Crippen molar-refractivity contribution >= 4 is 27.0 Å². The molecule has 158 valence electrons. The number of benzene rings is 2. The van der Waals surface area contributed by atoms with Gasteiger partial charge in [0.2, 0.25) is 10.0 Å². The van der Waals surface area contributed by atoms with Crippen LogP contribution in [0.1, 0.15) is 15.9 Å². The Morgan fingerprint density at radius 2 is 1.53 bits per heavy atom. The predicted octanol–water partition coefficient (Wildman–Crippen LogP) is 1.33. The number of carbonyl (C=O) groups excluding carboxylic acids is 1. The summed E-state index contributed by atoms with van der Waals surface area (Å²) in [7, 11) is -0.447. The molecule has 1 aliphatic heterocycles. The Morgan fingerprint density at radius 1 is 0.900 bits per heavy atom. The van der Waals surface area contributed by atoms with Crippen LogP contribution in [0.3, 0.4) is 0 Å². The van der Waals surface area contributed by atoms with E-state index >= 15 is 0 Å². The highest BCUT2D eigenvalue weighted by molar-refractivity contribution is 7.89. The third kappa shape index (κ3) is 3.23. The molecule has 0 aliphatic carbocycles. The minimum atomic E-state index is -3.73. The van der Waals surface area contributed by atoms with Crippen molar-refractivity contribution in [3.63, 3.8) is 0 Å². The first-order valence-electron chi connectivity index (χ1n) is 9.72. The van der Waals surface area contributed by atoms with Crippen LogP contribution in [0.4, 0.5) is 0 Å². The average molecular weight is 429 g/mol. The molecule has 2 aromatic carbocycles. The second-order valence-electron chi connectivity index (χ2n) is 7.56. The average Bonchev–Trinajstić information content (AvgIpc) is 2.97. The first-order chi connectivity index (χ1) is 14.2. The van der Waals surface area contributed by atoms with Crippen molar-refractivity contribution in [2.45, 2.75) is 11.8 Å². The Hall–Kier alpha value is -2.91. The number of fused-ring (bicyclic) bond motifs is 1. The van der Waals surface area contributed by atoms with Crippen LogP contribution in [0.25, 0.3) is 11.0 Å². The molecule has 0 atom stereocenters. The Balaban J connectivity index is 1.55. The van der Waals surface area contributed by atoms with Crippen LogP contribution in [0, 0.1) is 6.92 Å². The molecule has 1 aromatic heterocycles. The van der Waals surface area contributed by atoms with Gasteiger partial charge < -0.3 is 4.90 Å². The first-order valence-corrected chi connectivity index (χ1v) is 11.2. The van der Waals surface area contributed by atoms with Crippen molar-refractivity contribution in [3.8, 4) is 0 Å². The monoisotopic (exact) mass is 428 g/mol. The third-order valence-corrected chi connectivity index (χ3v) is 7.68. The first kappa shape index (κ1) is 20.4. The van der Waals surface area contributed by atoms with Gasteiger partial charge in [-0.1, -0.05) is 18.2 Å². The molecule has 0 N–H and O–H groups in total. The lowest BCUT2D eigenvalue weighted by atomic mass is 10.1. The van der Waals surface area contributed by atoms with Crippen LogP contribution < -0.4 is 5.69 Å². The van der Waals surface area contributed by atoms with Gasteiger partial charge in [0, 0.05) is 45.8 Å². The van der Waals surface area contributed by atoms with E-state index in [1.165, 1.54) is 25.6 Å². The number of carbonyl (C=O) groups is 1. The highest BCUT2D eigenvalue weighted by Crippen LogP contribution is 2.23. The van der Waals surface area contributed by atoms with Gasteiger partial charge in [-0.2, -0.15) is 4.31 Å². The molecule has 0 radical (unpaired) electrons. The van der Waals surface area contributed by atoms with Crippen molar-refractivity contribution in [3.05, 3.63) is 64.1 Å². The summed E-state index contributed by atoms with van der Waals surface area (Å²) in [5.74, 6) is -0.0779. The number of aromatic nitrogens is 2. The van der Waals surface area contributed by atoms with Crippen molar-refractivity contribution in [2.24, 2.45) is 14.1 Å². The normalized spacial score (nSPS) is 15.6. The molecule has 0 unspecified atom stereocenters. The van der Waals surface area contributed by atoms with E-state index in [1.807, 2.05) is 25.1 Å². The van der Waals surface area contributed by atoms with Gasteiger partial charge in [-0.05, 0) is 36.8 Å². The minimum absolute atomic E-state index is 0.0779. The number of rotatable bonds is 3. The summed E-state index contributed by atoms with van der Waals surface area (Å²) in [6.45, 7) is 3.01. The molecule has 1 aliphatic rings. The Morgan fingerprint density at radius 3 is 2.20 bits per heavy atom. The maximum atomic E-state index is 13.2. The van der Waals surface area contributed by atoms with Crippen LogP contribution in [0.15, 0.2) is 52.2 Å². The van der Waals surface area contributed by atoms with Gasteiger partial charge in [0.15, 0.2) is 0 Å². The molecule has 9 heteroatoms. The molecule has 30 heavy (non-hydrogen) atoms. The van der Waals surface area contributed by atoms with E-state index in [9.17, 15) is 18.0 Å². The quantitative estimate of drug-likeness (QED) is 0.630. The van der Waals surface area contributed by atoms with Crippen molar-refractivity contribution < 1.29 is 13.2 Å². The molecular formula is C21H24N4O4S. The maximum absolute atomic E-state index is 13.2. The lowest BCUT2D eigenvalue weighted by Crippen LogP contribution is -2.50. The van der Waals surface area contributed by atoms with Crippen LogP contribution in [-0.2, 0) is 24.1 Å². The summed E-state index contributed by atoms with van der Waals surface area (Å²) in [6.07, 6.45) is 0. The van der Waals surface area contributed by atoms with Gasteiger partial charge in [-0.3, -0.25) is 13.9 Å². The third-order valence-electron chi connectivity index (χ3n) is 5.78. The number of aryl methyl sites for hydroxylation is 3. The van der Waals surface area contributed by atoms with E-state index in [-0.39, 0.29) is 29.6 Å². The van der Waals surface area contributed by atoms with Crippen molar-refractivity contribution in [1.29, 1.82) is 0 Å². The second-order valence-corrected chi connectivity index (χ2v) is 9.50. The fraction of sp³-hybridized carbons (Fsp3) is 0.333. The van der Waals surface area contributed by atoms with Crippen LogP contribution in [0.2, 0.25) is 0 Å². The summed E-state index contributed by atoms with van der Waals surface area (Å²) in [6, 6.07) is 12.1. The van der Waals surface area contributed by atoms with Crippen LogP contribution >= 0.6 is 0 Å². The Kier molecular flexibility index (Phi) is 5.03. The lowest BCUT2D eigenvalue weighted by Gasteiger charge is -2.34. The molecule has 8 nitrogen and oxygen atoms in total. The Bertz CT molecular complexity index is 1300. The summed E-state index contributed by atoms with van der Waals surface area (Å²) in [5.41, 5.74) is 2.58. The van der Waals surface area contributed by atoms with E-state index in [2.05, 4.69) is 0 Å². The second kappa shape index (κ2) is 7.41. The summed E-state index contributed by atoms with van der Waals surface area (Å²) >= 11 is 0. The molecule has 1 saturated heterocycles. The summed E-state index contributed by atoms with van der Waals surface area (Å²) in [4.78, 5) is 26.7. The summed E-state index contributed by atoms with van der Waals surface area (Å²) < 4.78 is 30.7. The van der Waals surface area contributed by atoms with E-state index in [4.69, 9.17) is 0 Å². The van der Waals surface area contributed by atoms with Crippen molar-refractivity contribution in [2.75, 3.05) is 26.2 Å². The molecule has 0 spiro atoms. The number of amides is 1. The fourth-order valence-electron chi connectivity index (χ4n) is 3.91. The van der Waals surface area contributed by atoms with Crippen molar-refractivity contribution in [1.82, 2.24) is 18.3 Å². The number of hydrogen-bond donors (Lipinski definition) is 0. The zero-order chi connectivity index (χ0) is 21.6. The zero-order valence-electron chi connectivity index (χ0n) is 17.2. The number of nitrogens with zero attached hydrogens (tertiary/aromatic N) is 4.